The van der Waals surface area contributed by atoms with Crippen LogP contribution in [0.1, 0.15) is 13.8 Å². The van der Waals surface area contributed by atoms with E-state index in [1.807, 2.05) is 0 Å². The van der Waals surface area contributed by atoms with E-state index in [2.05, 4.69) is 49.1 Å². The molecule has 1 aromatic rings. The third-order valence-electron chi connectivity index (χ3n) is 3.03. The van der Waals surface area contributed by atoms with Crippen molar-refractivity contribution in [2.75, 3.05) is 0 Å². The summed E-state index contributed by atoms with van der Waals surface area (Å²) in [5, 5.41) is 0. The predicted molar refractivity (Wildman–Crippen MR) is 58.7 cm³/mol. The first-order chi connectivity index (χ1) is 5.73. The summed E-state index contributed by atoms with van der Waals surface area (Å²) in [6.07, 6.45) is 0. The number of hydrogen-bond acceptors (Lipinski definition) is 0. The van der Waals surface area contributed by atoms with Gasteiger partial charge in [0, 0.05) is 0 Å². The molecule has 0 heterocycles. The van der Waals surface area contributed by atoms with Crippen molar-refractivity contribution in [2.24, 2.45) is 0 Å². The van der Waals surface area contributed by atoms with E-state index in [9.17, 15) is 0 Å². The van der Waals surface area contributed by atoms with E-state index in [1.54, 1.807) is 3.58 Å². The Hall–Kier alpha value is 0.0187. The van der Waals surface area contributed by atoms with Gasteiger partial charge in [-0.3, -0.25) is 0 Å². The number of hydrogen-bond donors (Lipinski definition) is 0. The van der Waals surface area contributed by atoms with Crippen LogP contribution in [-0.4, -0.2) is 18.4 Å². The molecule has 0 nitrogen and oxygen atoms in total. The second kappa shape index (κ2) is 4.31. The van der Waals surface area contributed by atoms with E-state index in [1.165, 1.54) is 8.87 Å². The van der Waals surface area contributed by atoms with Gasteiger partial charge in [0.25, 0.3) is 0 Å². The molecule has 1 aromatic carbocycles. The molecule has 0 saturated carbocycles. The Morgan fingerprint density at radius 1 is 1.00 bits per heavy atom. The van der Waals surface area contributed by atoms with Crippen molar-refractivity contribution in [3.05, 3.63) is 30.3 Å². The van der Waals surface area contributed by atoms with Crippen molar-refractivity contribution < 1.29 is 0 Å². The Labute approximate surface area is 79.9 Å². The maximum absolute atomic E-state index is 2.55. The molecule has 0 amide bonds. The molecule has 0 aliphatic carbocycles. The molecule has 66 valence electrons. The van der Waals surface area contributed by atoms with Crippen molar-refractivity contribution in [3.8, 4) is 0 Å². The fourth-order valence-electron chi connectivity index (χ4n) is 1.50. The second-order valence-corrected chi connectivity index (χ2v) is 18.2. The number of rotatable bonds is 3. The molecule has 1 heteroatoms. The third kappa shape index (κ3) is 2.03. The SMILES string of the molecule is C[CH2][Sn]([CH3])([CH2]C)[c]1ccccc1. The van der Waals surface area contributed by atoms with Crippen LogP contribution in [0, 0.1) is 0 Å². The van der Waals surface area contributed by atoms with Crippen LogP contribution in [0.3, 0.4) is 0 Å². The third-order valence-corrected chi connectivity index (χ3v) is 16.9. The summed E-state index contributed by atoms with van der Waals surface area (Å²) in [6.45, 7) is 4.71. The van der Waals surface area contributed by atoms with Crippen LogP contribution in [-0.2, 0) is 0 Å². The van der Waals surface area contributed by atoms with Gasteiger partial charge in [-0.15, -0.1) is 0 Å². The molecule has 12 heavy (non-hydrogen) atoms. The zero-order chi connectivity index (χ0) is 9.03. The molecule has 0 saturated heterocycles. The van der Waals surface area contributed by atoms with E-state index >= 15 is 0 Å². The van der Waals surface area contributed by atoms with Gasteiger partial charge < -0.3 is 0 Å². The summed E-state index contributed by atoms with van der Waals surface area (Å²) >= 11 is -1.82. The quantitative estimate of drug-likeness (QED) is 0.740. The van der Waals surface area contributed by atoms with Crippen molar-refractivity contribution in [1.82, 2.24) is 0 Å². The van der Waals surface area contributed by atoms with Gasteiger partial charge in [-0.25, -0.2) is 0 Å². The molecular formula is C11H18Sn. The van der Waals surface area contributed by atoms with Gasteiger partial charge >= 0.3 is 79.9 Å². The van der Waals surface area contributed by atoms with Crippen LogP contribution in [0.4, 0.5) is 0 Å². The van der Waals surface area contributed by atoms with Crippen molar-refractivity contribution in [2.45, 2.75) is 27.7 Å². The Balaban J connectivity index is 2.95. The van der Waals surface area contributed by atoms with Gasteiger partial charge in [-0.05, 0) is 0 Å². The molecule has 0 radical (unpaired) electrons. The standard InChI is InChI=1S/C6H5.2C2H5.CH3.Sn/c1-2-4-6-5-3-1;2*1-2;;/h1-5H;2*1H2,2H3;1H3;. The molecule has 0 aromatic heterocycles. The minimum absolute atomic E-state index is 1.43. The molecular weight excluding hydrogens is 251 g/mol. The van der Waals surface area contributed by atoms with E-state index in [0.717, 1.165) is 0 Å². The molecule has 0 fully saturated rings. The fraction of sp³-hybridized carbons (Fsp3) is 0.455. The van der Waals surface area contributed by atoms with E-state index < -0.39 is 18.4 Å². The average molecular weight is 269 g/mol. The summed E-state index contributed by atoms with van der Waals surface area (Å²) in [5.41, 5.74) is 0. The first kappa shape index (κ1) is 10.1. The van der Waals surface area contributed by atoms with E-state index in [4.69, 9.17) is 0 Å². The summed E-state index contributed by atoms with van der Waals surface area (Å²) < 4.78 is 4.53. The molecule has 0 N–H and O–H groups in total. The monoisotopic (exact) mass is 270 g/mol. The van der Waals surface area contributed by atoms with Crippen LogP contribution in [0.25, 0.3) is 0 Å². The van der Waals surface area contributed by atoms with E-state index in [-0.39, 0.29) is 0 Å². The Kier molecular flexibility index (Phi) is 3.63. The topological polar surface area (TPSA) is 0 Å². The summed E-state index contributed by atoms with van der Waals surface area (Å²) in [7, 11) is 0. The summed E-state index contributed by atoms with van der Waals surface area (Å²) in [4.78, 5) is 2.55. The molecule has 0 aliphatic rings. The summed E-state index contributed by atoms with van der Waals surface area (Å²) in [5.74, 6) is 0. The van der Waals surface area contributed by atoms with Crippen LogP contribution in [0.5, 0.6) is 0 Å². The van der Waals surface area contributed by atoms with Gasteiger partial charge in [-0.2, -0.15) is 0 Å². The maximum atomic E-state index is 2.55. The van der Waals surface area contributed by atoms with Crippen LogP contribution in [0.15, 0.2) is 30.3 Å². The predicted octanol–water partition coefficient (Wildman–Crippen LogP) is 3.01. The van der Waals surface area contributed by atoms with Crippen LogP contribution in [0.2, 0.25) is 13.8 Å². The fourth-order valence-corrected chi connectivity index (χ4v) is 8.10. The van der Waals surface area contributed by atoms with Crippen molar-refractivity contribution >= 4 is 22.0 Å². The van der Waals surface area contributed by atoms with Gasteiger partial charge in [0.2, 0.25) is 0 Å². The van der Waals surface area contributed by atoms with Crippen LogP contribution >= 0.6 is 0 Å². The zero-order valence-corrected chi connectivity index (χ0v) is 11.2. The van der Waals surface area contributed by atoms with Crippen LogP contribution < -0.4 is 3.58 Å². The van der Waals surface area contributed by atoms with Gasteiger partial charge in [0.1, 0.15) is 0 Å². The Bertz CT molecular complexity index is 224. The minimum atomic E-state index is -1.82. The second-order valence-electron chi connectivity index (χ2n) is 3.63. The normalized spacial score (nSPS) is 11.6. The zero-order valence-electron chi connectivity index (χ0n) is 8.30. The average Bonchev–Trinajstić information content (AvgIpc) is 2.18. The van der Waals surface area contributed by atoms with E-state index in [0.29, 0.717) is 0 Å². The number of benzene rings is 1. The molecule has 0 unspecified atom stereocenters. The molecule has 0 spiro atoms. The van der Waals surface area contributed by atoms with Crippen molar-refractivity contribution in [3.63, 3.8) is 0 Å². The van der Waals surface area contributed by atoms with Gasteiger partial charge in [-0.1, -0.05) is 0 Å². The Morgan fingerprint density at radius 2 is 1.50 bits per heavy atom. The molecule has 0 bridgehead atoms. The molecule has 1 rings (SSSR count). The summed E-state index contributed by atoms with van der Waals surface area (Å²) in [6, 6.07) is 11.1. The molecule has 0 aliphatic heterocycles. The van der Waals surface area contributed by atoms with Crippen molar-refractivity contribution in [1.29, 1.82) is 0 Å². The van der Waals surface area contributed by atoms with Gasteiger partial charge in [0.05, 0.1) is 0 Å². The Morgan fingerprint density at radius 3 is 1.92 bits per heavy atom. The first-order valence-electron chi connectivity index (χ1n) is 4.78. The van der Waals surface area contributed by atoms with Gasteiger partial charge in [0.15, 0.2) is 0 Å². The molecule has 0 atom stereocenters. The first-order valence-corrected chi connectivity index (χ1v) is 13.1.